The maximum atomic E-state index is 11.8. The van der Waals surface area contributed by atoms with Crippen molar-refractivity contribution in [1.82, 2.24) is 4.98 Å². The fourth-order valence-electron chi connectivity index (χ4n) is 1.71. The molecule has 1 aromatic carbocycles. The van der Waals surface area contributed by atoms with Crippen molar-refractivity contribution in [3.05, 3.63) is 40.4 Å². The van der Waals surface area contributed by atoms with Gasteiger partial charge in [0.2, 0.25) is 0 Å². The average Bonchev–Trinajstić information content (AvgIpc) is 3.04. The fraction of sp³-hybridized carbons (Fsp3) is 0.250. The summed E-state index contributed by atoms with van der Waals surface area (Å²) < 4.78 is 14.5. The van der Waals surface area contributed by atoms with Crippen molar-refractivity contribution in [2.24, 2.45) is 0 Å². The van der Waals surface area contributed by atoms with Crippen LogP contribution in [0.5, 0.6) is 5.75 Å². The summed E-state index contributed by atoms with van der Waals surface area (Å²) in [6.45, 7) is -0.836. The Morgan fingerprint density at radius 3 is 2.77 bits per heavy atom. The van der Waals surface area contributed by atoms with E-state index < -0.39 is 24.5 Å². The molecule has 2 aromatic rings. The second kappa shape index (κ2) is 9.73. The van der Waals surface area contributed by atoms with Gasteiger partial charge in [0.25, 0.3) is 5.91 Å². The number of benzene rings is 1. The van der Waals surface area contributed by atoms with Gasteiger partial charge >= 0.3 is 11.9 Å². The predicted molar refractivity (Wildman–Crippen MR) is 94.4 cm³/mol. The van der Waals surface area contributed by atoms with E-state index >= 15 is 0 Å². The van der Waals surface area contributed by atoms with Crippen LogP contribution in [0.2, 0.25) is 5.02 Å². The Kier molecular flexibility index (Phi) is 7.37. The molecule has 0 unspecified atom stereocenters. The van der Waals surface area contributed by atoms with Crippen LogP contribution in [0.1, 0.15) is 5.69 Å². The first kappa shape index (κ1) is 19.7. The van der Waals surface area contributed by atoms with E-state index in [2.05, 4.69) is 15.0 Å². The first-order chi connectivity index (χ1) is 12.5. The van der Waals surface area contributed by atoms with Crippen molar-refractivity contribution in [2.45, 2.75) is 6.42 Å². The number of halogens is 1. The van der Waals surface area contributed by atoms with Crippen LogP contribution >= 0.6 is 22.9 Å². The number of methoxy groups -OCH3 is 1. The number of carbonyl (C=O) groups excluding carboxylic acids is 3. The molecule has 0 saturated carbocycles. The van der Waals surface area contributed by atoms with Gasteiger partial charge in [-0.3, -0.25) is 14.9 Å². The summed E-state index contributed by atoms with van der Waals surface area (Å²) in [4.78, 5) is 38.6. The molecule has 10 heteroatoms. The van der Waals surface area contributed by atoms with Gasteiger partial charge in [0.15, 0.2) is 18.3 Å². The third-order valence-corrected chi connectivity index (χ3v) is 3.91. The van der Waals surface area contributed by atoms with Gasteiger partial charge in [-0.15, -0.1) is 11.3 Å². The van der Waals surface area contributed by atoms with Gasteiger partial charge in [0, 0.05) is 10.4 Å². The maximum absolute atomic E-state index is 11.8. The minimum atomic E-state index is -0.703. The van der Waals surface area contributed by atoms with Crippen molar-refractivity contribution in [1.29, 1.82) is 0 Å². The lowest BCUT2D eigenvalue weighted by molar-refractivity contribution is -0.149. The number of thiazole rings is 1. The Morgan fingerprint density at radius 1 is 1.23 bits per heavy atom. The number of ether oxygens (including phenoxy) is 3. The molecule has 1 amide bonds. The first-order valence-corrected chi connectivity index (χ1v) is 8.57. The molecule has 0 fully saturated rings. The van der Waals surface area contributed by atoms with Crippen LogP contribution in [0.25, 0.3) is 0 Å². The standard InChI is InChI=1S/C16H15ClN2O6S/c1-23-14(21)6-11-9-26-16(18-11)19-13(20)7-25-15(22)8-24-12-4-2-3-10(17)5-12/h2-5,9H,6-8H2,1H3,(H,18,19,20). The zero-order valence-corrected chi connectivity index (χ0v) is 15.3. The van der Waals surface area contributed by atoms with Crippen molar-refractivity contribution in [3.8, 4) is 5.75 Å². The second-order valence-electron chi connectivity index (χ2n) is 4.85. The summed E-state index contributed by atoms with van der Waals surface area (Å²) in [5.74, 6) is -1.27. The van der Waals surface area contributed by atoms with E-state index in [0.29, 0.717) is 21.6 Å². The molecule has 0 saturated heterocycles. The van der Waals surface area contributed by atoms with E-state index in [-0.39, 0.29) is 13.0 Å². The molecule has 138 valence electrons. The minimum absolute atomic E-state index is 0.0126. The first-order valence-electron chi connectivity index (χ1n) is 7.31. The lowest BCUT2D eigenvalue weighted by Crippen LogP contribution is -2.23. The van der Waals surface area contributed by atoms with E-state index in [4.69, 9.17) is 21.1 Å². The molecule has 1 heterocycles. The number of nitrogens with zero attached hydrogens (tertiary/aromatic N) is 1. The molecule has 1 aromatic heterocycles. The highest BCUT2D eigenvalue weighted by atomic mass is 35.5. The summed E-state index contributed by atoms with van der Waals surface area (Å²) in [7, 11) is 1.28. The molecule has 0 bridgehead atoms. The van der Waals surface area contributed by atoms with Crippen LogP contribution in [-0.4, -0.2) is 43.2 Å². The largest absolute Gasteiger partial charge is 0.482 e. The zero-order chi connectivity index (χ0) is 18.9. The monoisotopic (exact) mass is 398 g/mol. The van der Waals surface area contributed by atoms with Crippen LogP contribution in [-0.2, 0) is 30.3 Å². The molecule has 26 heavy (non-hydrogen) atoms. The van der Waals surface area contributed by atoms with Crippen molar-refractivity contribution in [2.75, 3.05) is 25.6 Å². The van der Waals surface area contributed by atoms with Crippen LogP contribution in [0.15, 0.2) is 29.6 Å². The van der Waals surface area contributed by atoms with E-state index in [1.165, 1.54) is 7.11 Å². The highest BCUT2D eigenvalue weighted by Gasteiger charge is 2.12. The smallest absolute Gasteiger partial charge is 0.344 e. The number of aromatic nitrogens is 1. The third-order valence-electron chi connectivity index (χ3n) is 2.87. The Hall–Kier alpha value is -2.65. The van der Waals surface area contributed by atoms with E-state index in [9.17, 15) is 14.4 Å². The van der Waals surface area contributed by atoms with E-state index in [1.54, 1.807) is 29.6 Å². The highest BCUT2D eigenvalue weighted by Crippen LogP contribution is 2.17. The Labute approximate surface area is 158 Å². The van der Waals surface area contributed by atoms with Crippen molar-refractivity contribution >= 4 is 45.9 Å². The molecular formula is C16H15ClN2O6S. The number of hydrogen-bond acceptors (Lipinski definition) is 8. The Morgan fingerprint density at radius 2 is 2.04 bits per heavy atom. The fourth-order valence-corrected chi connectivity index (χ4v) is 2.61. The molecule has 0 aliphatic carbocycles. The average molecular weight is 399 g/mol. The van der Waals surface area contributed by atoms with Crippen LogP contribution < -0.4 is 10.1 Å². The van der Waals surface area contributed by atoms with Crippen LogP contribution in [0, 0.1) is 0 Å². The van der Waals surface area contributed by atoms with Gasteiger partial charge in [-0.05, 0) is 18.2 Å². The molecule has 0 aliphatic rings. The zero-order valence-electron chi connectivity index (χ0n) is 13.7. The number of anilines is 1. The molecule has 2 rings (SSSR count). The van der Waals surface area contributed by atoms with Gasteiger partial charge in [0.05, 0.1) is 19.2 Å². The van der Waals surface area contributed by atoms with E-state index in [1.807, 2.05) is 0 Å². The summed E-state index contributed by atoms with van der Waals surface area (Å²) in [6, 6.07) is 6.54. The predicted octanol–water partition coefficient (Wildman–Crippen LogP) is 2.07. The Bertz CT molecular complexity index is 795. The molecule has 0 radical (unpaired) electrons. The molecule has 0 atom stereocenters. The minimum Gasteiger partial charge on any atom is -0.482 e. The van der Waals surface area contributed by atoms with Gasteiger partial charge < -0.3 is 14.2 Å². The SMILES string of the molecule is COC(=O)Cc1csc(NC(=O)COC(=O)COc2cccc(Cl)c2)n1. The van der Waals surface area contributed by atoms with Gasteiger partial charge in [0.1, 0.15) is 5.75 Å². The topological polar surface area (TPSA) is 104 Å². The molecule has 0 spiro atoms. The Balaban J connectivity index is 1.71. The number of rotatable bonds is 8. The number of hydrogen-bond donors (Lipinski definition) is 1. The van der Waals surface area contributed by atoms with Gasteiger partial charge in [-0.2, -0.15) is 0 Å². The lowest BCUT2D eigenvalue weighted by atomic mass is 10.3. The number of nitrogens with one attached hydrogen (secondary N) is 1. The summed E-state index contributed by atoms with van der Waals surface area (Å²) >= 11 is 6.94. The molecule has 0 aliphatic heterocycles. The lowest BCUT2D eigenvalue weighted by Gasteiger charge is -2.07. The summed E-state index contributed by atoms with van der Waals surface area (Å²) in [5.41, 5.74) is 0.476. The van der Waals surface area contributed by atoms with Crippen molar-refractivity contribution < 1.29 is 28.6 Å². The normalized spacial score (nSPS) is 10.1. The molecule has 1 N–H and O–H groups in total. The van der Waals surface area contributed by atoms with Crippen molar-refractivity contribution in [3.63, 3.8) is 0 Å². The summed E-state index contributed by atoms with van der Waals surface area (Å²) in [6.07, 6.45) is 0.0126. The van der Waals surface area contributed by atoms with Crippen LogP contribution in [0.3, 0.4) is 0 Å². The summed E-state index contributed by atoms with van der Waals surface area (Å²) in [5, 5.41) is 4.86. The van der Waals surface area contributed by atoms with Crippen LogP contribution in [0.4, 0.5) is 5.13 Å². The van der Waals surface area contributed by atoms with E-state index in [0.717, 1.165) is 11.3 Å². The number of carbonyl (C=O) groups is 3. The molecular weight excluding hydrogens is 384 g/mol. The van der Waals surface area contributed by atoms with Gasteiger partial charge in [-0.25, -0.2) is 9.78 Å². The number of esters is 2. The quantitative estimate of drug-likeness (QED) is 0.679. The molecule has 8 nitrogen and oxygen atoms in total. The maximum Gasteiger partial charge on any atom is 0.344 e. The highest BCUT2D eigenvalue weighted by molar-refractivity contribution is 7.13. The second-order valence-corrected chi connectivity index (χ2v) is 6.15. The number of amides is 1. The third kappa shape index (κ3) is 6.69. The van der Waals surface area contributed by atoms with Gasteiger partial charge in [-0.1, -0.05) is 17.7 Å².